The minimum absolute atomic E-state index is 0.190. The summed E-state index contributed by atoms with van der Waals surface area (Å²) in [5.74, 6) is -0.585. The van der Waals surface area contributed by atoms with Crippen LogP contribution in [0.15, 0.2) is 17.2 Å². The first-order chi connectivity index (χ1) is 9.49. The van der Waals surface area contributed by atoms with E-state index in [1.807, 2.05) is 6.92 Å². The summed E-state index contributed by atoms with van der Waals surface area (Å²) in [5, 5.41) is 3.49. The average molecular weight is 277 g/mol. The molecule has 0 aliphatic carbocycles. The Bertz CT molecular complexity index is 579. The van der Waals surface area contributed by atoms with E-state index < -0.39 is 12.0 Å². The molecule has 0 radical (unpaired) electrons. The molecule has 106 valence electrons. The van der Waals surface area contributed by atoms with E-state index in [4.69, 9.17) is 5.53 Å². The molecule has 20 heavy (non-hydrogen) atoms. The predicted octanol–water partition coefficient (Wildman–Crippen LogP) is 2.64. The number of nitrogens with zero attached hydrogens (tertiary/aromatic N) is 3. The Labute approximate surface area is 115 Å². The summed E-state index contributed by atoms with van der Waals surface area (Å²) in [7, 11) is 0. The van der Waals surface area contributed by atoms with Crippen LogP contribution in [0.3, 0.4) is 0 Å². The summed E-state index contributed by atoms with van der Waals surface area (Å²) in [5.41, 5.74) is 14.7. The highest BCUT2D eigenvalue weighted by atomic mass is 16.5. The number of hydrazine groups is 1. The molecule has 8 nitrogen and oxygen atoms in total. The first-order valence-electron chi connectivity index (χ1n) is 5.89. The highest BCUT2D eigenvalue weighted by Gasteiger charge is 2.15. The lowest BCUT2D eigenvalue weighted by Crippen LogP contribution is -2.42. The van der Waals surface area contributed by atoms with Gasteiger partial charge in [-0.25, -0.2) is 10.2 Å². The summed E-state index contributed by atoms with van der Waals surface area (Å²) in [6, 6.07) is 3.36. The Morgan fingerprint density at radius 2 is 2.05 bits per heavy atom. The fraction of sp³-hybridized carbons (Fsp3) is 0.333. The number of hydrogen-bond acceptors (Lipinski definition) is 4. The normalized spacial score (nSPS) is 9.35. The molecule has 2 amide bonds. The van der Waals surface area contributed by atoms with Crippen LogP contribution in [0.1, 0.15) is 28.4 Å². The van der Waals surface area contributed by atoms with Gasteiger partial charge in [-0.3, -0.25) is 10.2 Å². The number of aryl methyl sites for hydroxylation is 2. The van der Waals surface area contributed by atoms with Crippen molar-refractivity contribution >= 4 is 17.7 Å². The zero-order valence-corrected chi connectivity index (χ0v) is 11.4. The molecule has 0 bridgehead atoms. The standard InChI is InChI=1S/C12H15N5O3/c1-4-20-12(19)16-15-11(18)10-8(3)5-7(2)6-9(10)14-17-13/h5-6H,4H2,1-3H3,(H,15,18)(H,16,19). The molecule has 0 atom stereocenters. The van der Waals surface area contributed by atoms with Crippen molar-refractivity contribution in [3.05, 3.63) is 39.3 Å². The molecule has 0 fully saturated rings. The van der Waals surface area contributed by atoms with Gasteiger partial charge in [0.25, 0.3) is 5.91 Å². The number of azide groups is 1. The third-order valence-corrected chi connectivity index (χ3v) is 2.39. The Hall–Kier alpha value is -2.73. The highest BCUT2D eigenvalue weighted by molar-refractivity contribution is 6.01. The predicted molar refractivity (Wildman–Crippen MR) is 72.3 cm³/mol. The maximum Gasteiger partial charge on any atom is 0.426 e. The van der Waals surface area contributed by atoms with Gasteiger partial charge in [-0.2, -0.15) is 0 Å². The van der Waals surface area contributed by atoms with Crippen molar-refractivity contribution in [1.29, 1.82) is 0 Å². The van der Waals surface area contributed by atoms with Crippen LogP contribution < -0.4 is 10.9 Å². The third-order valence-electron chi connectivity index (χ3n) is 2.39. The van der Waals surface area contributed by atoms with E-state index in [1.54, 1.807) is 26.0 Å². The number of carbonyl (C=O) groups is 2. The second-order valence-corrected chi connectivity index (χ2v) is 3.96. The van der Waals surface area contributed by atoms with Crippen molar-refractivity contribution in [2.45, 2.75) is 20.8 Å². The van der Waals surface area contributed by atoms with Crippen molar-refractivity contribution in [2.24, 2.45) is 5.11 Å². The number of ether oxygens (including phenoxy) is 1. The summed E-state index contributed by atoms with van der Waals surface area (Å²) in [6.45, 7) is 5.37. The van der Waals surface area contributed by atoms with Gasteiger partial charge in [-0.05, 0) is 37.9 Å². The second-order valence-electron chi connectivity index (χ2n) is 3.96. The Morgan fingerprint density at radius 3 is 2.65 bits per heavy atom. The van der Waals surface area contributed by atoms with Gasteiger partial charge in [0, 0.05) is 4.91 Å². The van der Waals surface area contributed by atoms with E-state index in [1.165, 1.54) is 0 Å². The van der Waals surface area contributed by atoms with Gasteiger partial charge in [0.15, 0.2) is 0 Å². The molecule has 0 saturated carbocycles. The molecule has 1 aromatic carbocycles. The molecule has 1 aromatic rings. The molecule has 0 aliphatic heterocycles. The lowest BCUT2D eigenvalue weighted by atomic mass is 10.0. The van der Waals surface area contributed by atoms with E-state index in [0.717, 1.165) is 5.56 Å². The van der Waals surface area contributed by atoms with Crippen molar-refractivity contribution in [1.82, 2.24) is 10.9 Å². The summed E-state index contributed by atoms with van der Waals surface area (Å²) >= 11 is 0. The maximum absolute atomic E-state index is 12.0. The van der Waals surface area contributed by atoms with Crippen molar-refractivity contribution in [2.75, 3.05) is 6.61 Å². The van der Waals surface area contributed by atoms with Gasteiger partial charge >= 0.3 is 6.09 Å². The molecular formula is C12H15N5O3. The fourth-order valence-corrected chi connectivity index (χ4v) is 1.71. The number of carbonyl (C=O) groups excluding carboxylic acids is 2. The Kier molecular flexibility index (Phi) is 5.37. The highest BCUT2D eigenvalue weighted by Crippen LogP contribution is 2.24. The minimum Gasteiger partial charge on any atom is -0.449 e. The van der Waals surface area contributed by atoms with Crippen LogP contribution in [-0.2, 0) is 4.74 Å². The molecule has 0 unspecified atom stereocenters. The van der Waals surface area contributed by atoms with Gasteiger partial charge in [-0.15, -0.1) is 0 Å². The van der Waals surface area contributed by atoms with Gasteiger partial charge in [0.1, 0.15) is 0 Å². The van der Waals surface area contributed by atoms with Crippen LogP contribution in [0.25, 0.3) is 10.4 Å². The van der Waals surface area contributed by atoms with E-state index in [0.29, 0.717) is 5.56 Å². The zero-order valence-electron chi connectivity index (χ0n) is 11.4. The van der Waals surface area contributed by atoms with Crippen molar-refractivity contribution in [3.63, 3.8) is 0 Å². The molecule has 0 heterocycles. The molecular weight excluding hydrogens is 262 g/mol. The lowest BCUT2D eigenvalue weighted by molar-refractivity contribution is 0.0912. The zero-order chi connectivity index (χ0) is 15.1. The number of nitrogens with one attached hydrogen (secondary N) is 2. The number of hydrogen-bond donors (Lipinski definition) is 2. The van der Waals surface area contributed by atoms with Crippen molar-refractivity contribution in [3.8, 4) is 0 Å². The van der Waals surface area contributed by atoms with Gasteiger partial charge in [0.2, 0.25) is 0 Å². The maximum atomic E-state index is 12.0. The van der Waals surface area contributed by atoms with Crippen LogP contribution in [0, 0.1) is 13.8 Å². The quantitative estimate of drug-likeness (QED) is 0.382. The average Bonchev–Trinajstić information content (AvgIpc) is 2.36. The van der Waals surface area contributed by atoms with E-state index in [9.17, 15) is 9.59 Å². The Balaban J connectivity index is 2.97. The number of amides is 2. The molecule has 8 heteroatoms. The molecule has 0 aromatic heterocycles. The smallest absolute Gasteiger partial charge is 0.426 e. The molecule has 0 aliphatic rings. The SMILES string of the molecule is CCOC(=O)NNC(=O)c1c(C)cc(C)cc1N=[N+]=[N-]. The largest absolute Gasteiger partial charge is 0.449 e. The van der Waals surface area contributed by atoms with E-state index >= 15 is 0 Å². The lowest BCUT2D eigenvalue weighted by Gasteiger charge is -2.11. The fourth-order valence-electron chi connectivity index (χ4n) is 1.71. The van der Waals surface area contributed by atoms with Gasteiger partial charge in [-0.1, -0.05) is 16.7 Å². The van der Waals surface area contributed by atoms with Crippen LogP contribution in [0.5, 0.6) is 0 Å². The van der Waals surface area contributed by atoms with E-state index in [-0.39, 0.29) is 17.9 Å². The van der Waals surface area contributed by atoms with Gasteiger partial charge in [0.05, 0.1) is 17.9 Å². The monoisotopic (exact) mass is 277 g/mol. The van der Waals surface area contributed by atoms with Crippen LogP contribution in [0.2, 0.25) is 0 Å². The number of rotatable bonds is 3. The van der Waals surface area contributed by atoms with Crippen LogP contribution >= 0.6 is 0 Å². The first-order valence-corrected chi connectivity index (χ1v) is 5.89. The Morgan fingerprint density at radius 1 is 1.35 bits per heavy atom. The third kappa shape index (κ3) is 3.89. The molecule has 2 N–H and O–H groups in total. The number of benzene rings is 1. The van der Waals surface area contributed by atoms with Crippen molar-refractivity contribution < 1.29 is 14.3 Å². The first kappa shape index (κ1) is 15.3. The van der Waals surface area contributed by atoms with Gasteiger partial charge < -0.3 is 4.74 Å². The van der Waals surface area contributed by atoms with Crippen LogP contribution in [-0.4, -0.2) is 18.6 Å². The van der Waals surface area contributed by atoms with Crippen LogP contribution in [0.4, 0.5) is 10.5 Å². The molecule has 1 rings (SSSR count). The molecule has 0 spiro atoms. The topological polar surface area (TPSA) is 116 Å². The van der Waals surface area contributed by atoms with E-state index in [2.05, 4.69) is 25.6 Å². The summed E-state index contributed by atoms with van der Waals surface area (Å²) < 4.78 is 4.61. The second kappa shape index (κ2) is 7.01. The molecule has 0 saturated heterocycles. The summed E-state index contributed by atoms with van der Waals surface area (Å²) in [4.78, 5) is 25.8. The minimum atomic E-state index is -0.768. The summed E-state index contributed by atoms with van der Waals surface area (Å²) in [6.07, 6.45) is -0.768.